The zero-order valence-corrected chi connectivity index (χ0v) is 18.8. The Balaban J connectivity index is 2.77. The minimum absolute atomic E-state index is 0.338. The van der Waals surface area contributed by atoms with Gasteiger partial charge >= 0.3 is 11.9 Å². The predicted molar refractivity (Wildman–Crippen MR) is 118 cm³/mol. The average Bonchev–Trinajstić information content (AvgIpc) is 2.75. The van der Waals surface area contributed by atoms with Crippen LogP contribution in [0.5, 0.6) is 0 Å². The molecule has 0 fully saturated rings. The molecule has 2 atom stereocenters. The highest BCUT2D eigenvalue weighted by Crippen LogP contribution is 2.22. The van der Waals surface area contributed by atoms with Crippen LogP contribution in [-0.4, -0.2) is 25.2 Å². The van der Waals surface area contributed by atoms with Crippen molar-refractivity contribution in [3.63, 3.8) is 0 Å². The summed E-state index contributed by atoms with van der Waals surface area (Å²) in [5, 5.41) is 0. The highest BCUT2D eigenvalue weighted by molar-refractivity contribution is 6.00. The molecule has 1 aromatic carbocycles. The Hall–Kier alpha value is -1.84. The number of carbonyl (C=O) groups excluding carboxylic acids is 2. The number of unbranched alkanes of at least 4 members (excludes halogenated alkanes) is 2. The summed E-state index contributed by atoms with van der Waals surface area (Å²) in [6, 6.07) is 9.10. The summed E-state index contributed by atoms with van der Waals surface area (Å²) in [5.41, 5.74) is 0.630. The van der Waals surface area contributed by atoms with Gasteiger partial charge in [0.25, 0.3) is 0 Å². The maximum Gasteiger partial charge on any atom is 0.324 e. The van der Waals surface area contributed by atoms with Gasteiger partial charge < -0.3 is 9.47 Å². The van der Waals surface area contributed by atoms with Gasteiger partial charge in [0.05, 0.1) is 13.2 Å². The van der Waals surface area contributed by atoms with Crippen LogP contribution in [0.1, 0.15) is 90.5 Å². The zero-order valence-electron chi connectivity index (χ0n) is 18.8. The molecule has 0 amide bonds. The van der Waals surface area contributed by atoms with Crippen LogP contribution in [0, 0.1) is 11.8 Å². The topological polar surface area (TPSA) is 52.6 Å². The van der Waals surface area contributed by atoms with Gasteiger partial charge in [-0.3, -0.25) is 9.59 Å². The first-order valence-electron chi connectivity index (χ1n) is 11.4. The molecular formula is C25H40O4. The van der Waals surface area contributed by atoms with Crippen LogP contribution in [0.2, 0.25) is 0 Å². The fourth-order valence-electron chi connectivity index (χ4n) is 3.38. The van der Waals surface area contributed by atoms with E-state index >= 15 is 0 Å². The van der Waals surface area contributed by atoms with Gasteiger partial charge in [-0.1, -0.05) is 96.6 Å². The van der Waals surface area contributed by atoms with Crippen LogP contribution in [0.3, 0.4) is 0 Å². The van der Waals surface area contributed by atoms with Crippen molar-refractivity contribution in [3.05, 3.63) is 35.9 Å². The molecule has 4 nitrogen and oxygen atoms in total. The van der Waals surface area contributed by atoms with Gasteiger partial charge in [-0.25, -0.2) is 0 Å². The van der Waals surface area contributed by atoms with Crippen LogP contribution < -0.4 is 0 Å². The standard InChI is InChI=1S/C25H40O4/c1-5-9-14-20(7-3)18-28-24(26)23(22-16-12-11-13-17-22)25(27)29-19-21(8-4)15-10-6-2/h11-13,16-17,20-21,23H,5-10,14-15,18-19H2,1-4H3. The number of esters is 2. The molecule has 164 valence electrons. The molecular weight excluding hydrogens is 364 g/mol. The van der Waals surface area contributed by atoms with Crippen molar-refractivity contribution in [2.24, 2.45) is 11.8 Å². The van der Waals surface area contributed by atoms with Crippen molar-refractivity contribution in [1.82, 2.24) is 0 Å². The van der Waals surface area contributed by atoms with Gasteiger partial charge in [-0.2, -0.15) is 0 Å². The van der Waals surface area contributed by atoms with E-state index in [1.54, 1.807) is 12.1 Å². The Morgan fingerprint density at radius 1 is 0.759 bits per heavy atom. The molecule has 0 aromatic heterocycles. The summed E-state index contributed by atoms with van der Waals surface area (Å²) in [4.78, 5) is 25.7. The molecule has 0 bridgehead atoms. The molecule has 0 aliphatic rings. The van der Waals surface area contributed by atoms with Crippen molar-refractivity contribution in [2.45, 2.75) is 85.0 Å². The summed E-state index contributed by atoms with van der Waals surface area (Å²) in [5.74, 6) is -1.34. The Kier molecular flexibility index (Phi) is 13.1. The second-order valence-corrected chi connectivity index (χ2v) is 7.94. The first-order valence-corrected chi connectivity index (χ1v) is 11.4. The molecule has 0 aliphatic heterocycles. The average molecular weight is 405 g/mol. The van der Waals surface area contributed by atoms with Crippen LogP contribution in [0.25, 0.3) is 0 Å². The Labute approximate surface area is 177 Å². The second-order valence-electron chi connectivity index (χ2n) is 7.94. The molecule has 0 N–H and O–H groups in total. The Morgan fingerprint density at radius 2 is 1.21 bits per heavy atom. The molecule has 0 aliphatic carbocycles. The third-order valence-electron chi connectivity index (χ3n) is 5.61. The lowest BCUT2D eigenvalue weighted by molar-refractivity contribution is -0.159. The third kappa shape index (κ3) is 9.47. The van der Waals surface area contributed by atoms with Gasteiger partial charge in [-0.05, 0) is 30.2 Å². The minimum Gasteiger partial charge on any atom is -0.465 e. The molecule has 2 unspecified atom stereocenters. The lowest BCUT2D eigenvalue weighted by atomic mass is 9.98. The molecule has 1 rings (SSSR count). The maximum absolute atomic E-state index is 12.8. The number of ether oxygens (including phenoxy) is 2. The van der Waals surface area contributed by atoms with E-state index in [0.717, 1.165) is 51.4 Å². The van der Waals surface area contributed by atoms with E-state index < -0.39 is 17.9 Å². The van der Waals surface area contributed by atoms with Gasteiger partial charge in [0.2, 0.25) is 0 Å². The number of hydrogen-bond donors (Lipinski definition) is 0. The summed E-state index contributed by atoms with van der Waals surface area (Å²) in [7, 11) is 0. The number of rotatable bonds is 15. The normalized spacial score (nSPS) is 14.1. The van der Waals surface area contributed by atoms with E-state index in [1.165, 1.54) is 0 Å². The molecule has 1 aromatic rings. The lowest BCUT2D eigenvalue weighted by Crippen LogP contribution is -2.29. The minimum atomic E-state index is -1.01. The van der Waals surface area contributed by atoms with Crippen LogP contribution in [0.4, 0.5) is 0 Å². The van der Waals surface area contributed by atoms with Crippen molar-refractivity contribution >= 4 is 11.9 Å². The summed E-state index contributed by atoms with van der Waals surface area (Å²) >= 11 is 0. The number of benzene rings is 1. The first kappa shape index (κ1) is 25.2. The van der Waals surface area contributed by atoms with E-state index in [2.05, 4.69) is 27.7 Å². The Bertz CT molecular complexity index is 537. The van der Waals surface area contributed by atoms with E-state index in [4.69, 9.17) is 9.47 Å². The van der Waals surface area contributed by atoms with Gasteiger partial charge in [0.1, 0.15) is 0 Å². The van der Waals surface area contributed by atoms with Gasteiger partial charge in [-0.15, -0.1) is 0 Å². The predicted octanol–water partition coefficient (Wildman–Crippen LogP) is 6.29. The SMILES string of the molecule is CCCCC(CC)COC(=O)C(C(=O)OCC(CC)CCCC)c1ccccc1. The highest BCUT2D eigenvalue weighted by atomic mass is 16.6. The van der Waals surface area contributed by atoms with Crippen molar-refractivity contribution in [3.8, 4) is 0 Å². The van der Waals surface area contributed by atoms with E-state index in [9.17, 15) is 9.59 Å². The van der Waals surface area contributed by atoms with E-state index in [0.29, 0.717) is 30.6 Å². The summed E-state index contributed by atoms with van der Waals surface area (Å²) in [6.45, 7) is 9.26. The smallest absolute Gasteiger partial charge is 0.324 e. The van der Waals surface area contributed by atoms with Crippen molar-refractivity contribution in [2.75, 3.05) is 13.2 Å². The second kappa shape index (κ2) is 15.1. The zero-order chi connectivity index (χ0) is 21.5. The monoisotopic (exact) mass is 404 g/mol. The molecule has 0 saturated heterocycles. The van der Waals surface area contributed by atoms with Crippen LogP contribution in [-0.2, 0) is 19.1 Å². The van der Waals surface area contributed by atoms with Gasteiger partial charge in [0, 0.05) is 0 Å². The van der Waals surface area contributed by atoms with E-state index in [1.807, 2.05) is 18.2 Å². The van der Waals surface area contributed by atoms with Crippen LogP contribution >= 0.6 is 0 Å². The summed E-state index contributed by atoms with van der Waals surface area (Å²) < 4.78 is 11.2. The largest absolute Gasteiger partial charge is 0.465 e. The van der Waals surface area contributed by atoms with Crippen molar-refractivity contribution < 1.29 is 19.1 Å². The molecule has 0 spiro atoms. The summed E-state index contributed by atoms with van der Waals surface area (Å²) in [6.07, 6.45) is 8.49. The van der Waals surface area contributed by atoms with Gasteiger partial charge in [0.15, 0.2) is 5.92 Å². The maximum atomic E-state index is 12.8. The van der Waals surface area contributed by atoms with E-state index in [-0.39, 0.29) is 0 Å². The lowest BCUT2D eigenvalue weighted by Gasteiger charge is -2.20. The fraction of sp³-hybridized carbons (Fsp3) is 0.680. The number of hydrogen-bond acceptors (Lipinski definition) is 4. The fourth-order valence-corrected chi connectivity index (χ4v) is 3.38. The molecule has 0 radical (unpaired) electrons. The van der Waals surface area contributed by atoms with Crippen LogP contribution in [0.15, 0.2) is 30.3 Å². The number of carbonyl (C=O) groups is 2. The molecule has 29 heavy (non-hydrogen) atoms. The Morgan fingerprint density at radius 3 is 1.59 bits per heavy atom. The molecule has 0 heterocycles. The quantitative estimate of drug-likeness (QED) is 0.255. The molecule has 4 heteroatoms. The third-order valence-corrected chi connectivity index (χ3v) is 5.61. The highest BCUT2D eigenvalue weighted by Gasteiger charge is 2.32. The first-order chi connectivity index (χ1) is 14.1. The van der Waals surface area contributed by atoms with Crippen molar-refractivity contribution in [1.29, 1.82) is 0 Å². The molecule has 0 saturated carbocycles.